The van der Waals surface area contributed by atoms with Gasteiger partial charge < -0.3 is 18.7 Å². The van der Waals surface area contributed by atoms with Gasteiger partial charge in [-0.2, -0.15) is 0 Å². The third-order valence-electron chi connectivity index (χ3n) is 4.58. The Bertz CT molecular complexity index is 1120. The highest BCUT2D eigenvalue weighted by molar-refractivity contribution is 6.32. The van der Waals surface area contributed by atoms with Gasteiger partial charge in [-0.3, -0.25) is 9.36 Å². The molecule has 8 nitrogen and oxygen atoms in total. The summed E-state index contributed by atoms with van der Waals surface area (Å²) in [7, 11) is 2.87. The Balaban J connectivity index is 1.76. The number of rotatable bonds is 7. The molecule has 3 aromatic rings. The summed E-state index contributed by atoms with van der Waals surface area (Å²) in [5, 5.41) is 4.19. The number of carbonyl (C=O) groups is 2. The van der Waals surface area contributed by atoms with Crippen molar-refractivity contribution in [3.05, 3.63) is 57.6 Å². The van der Waals surface area contributed by atoms with Gasteiger partial charge in [0.25, 0.3) is 0 Å². The Morgan fingerprint density at radius 1 is 1.10 bits per heavy atom. The van der Waals surface area contributed by atoms with Gasteiger partial charge in [-0.1, -0.05) is 16.8 Å². The smallest absolute Gasteiger partial charge is 0.338 e. The lowest BCUT2D eigenvalue weighted by molar-refractivity contribution is 0.0474. The van der Waals surface area contributed by atoms with E-state index < -0.39 is 12.6 Å². The fourth-order valence-electron chi connectivity index (χ4n) is 3.18. The van der Waals surface area contributed by atoms with Crippen LogP contribution in [0.25, 0.3) is 5.82 Å². The van der Waals surface area contributed by atoms with E-state index >= 15 is 0 Å². The molecule has 0 bridgehead atoms. The summed E-state index contributed by atoms with van der Waals surface area (Å²) in [6.07, 6.45) is 0. The average Bonchev–Trinajstić information content (AvgIpc) is 3.27. The first-order chi connectivity index (χ1) is 14.3. The van der Waals surface area contributed by atoms with E-state index in [-0.39, 0.29) is 22.1 Å². The quantitative estimate of drug-likeness (QED) is 0.410. The number of halogens is 1. The van der Waals surface area contributed by atoms with E-state index in [0.29, 0.717) is 28.6 Å². The largest absolute Gasteiger partial charge is 0.493 e. The number of nitrogens with zero attached hydrogens (tertiary/aromatic N) is 2. The maximum Gasteiger partial charge on any atom is 0.338 e. The van der Waals surface area contributed by atoms with Gasteiger partial charge in [0, 0.05) is 23.0 Å². The van der Waals surface area contributed by atoms with Gasteiger partial charge in [0.1, 0.15) is 5.76 Å². The second-order valence-corrected chi connectivity index (χ2v) is 7.02. The lowest BCUT2D eigenvalue weighted by Gasteiger charge is -2.11. The van der Waals surface area contributed by atoms with Gasteiger partial charge >= 0.3 is 5.97 Å². The molecule has 0 saturated heterocycles. The van der Waals surface area contributed by atoms with Crippen molar-refractivity contribution in [3.8, 4) is 17.3 Å². The Morgan fingerprint density at radius 2 is 1.83 bits per heavy atom. The first-order valence-electron chi connectivity index (χ1n) is 9.01. The molecule has 0 atom stereocenters. The lowest BCUT2D eigenvalue weighted by Crippen LogP contribution is -2.15. The minimum Gasteiger partial charge on any atom is -0.493 e. The molecule has 0 spiro atoms. The van der Waals surface area contributed by atoms with Crippen LogP contribution in [0, 0.1) is 20.8 Å². The highest BCUT2D eigenvalue weighted by atomic mass is 35.5. The number of aryl methyl sites for hydroxylation is 2. The van der Waals surface area contributed by atoms with Crippen LogP contribution in [0.1, 0.15) is 37.9 Å². The summed E-state index contributed by atoms with van der Waals surface area (Å²) in [6, 6.07) is 6.34. The van der Waals surface area contributed by atoms with Gasteiger partial charge in [-0.15, -0.1) is 0 Å². The predicted octanol–water partition coefficient (Wildman–Crippen LogP) is 4.10. The van der Waals surface area contributed by atoms with Crippen molar-refractivity contribution in [3.63, 3.8) is 0 Å². The molecule has 0 amide bonds. The Kier molecular flexibility index (Phi) is 6.17. The molecule has 30 heavy (non-hydrogen) atoms. The number of aromatic nitrogens is 2. The Morgan fingerprint density at radius 3 is 2.43 bits per heavy atom. The summed E-state index contributed by atoms with van der Waals surface area (Å²) >= 11 is 6.12. The molecular weight excluding hydrogens is 412 g/mol. The van der Waals surface area contributed by atoms with Crippen molar-refractivity contribution >= 4 is 23.4 Å². The highest BCUT2D eigenvalue weighted by Gasteiger charge is 2.21. The second-order valence-electron chi connectivity index (χ2n) is 6.61. The van der Waals surface area contributed by atoms with E-state index in [9.17, 15) is 9.59 Å². The average molecular weight is 433 g/mol. The molecule has 0 aliphatic heterocycles. The zero-order chi connectivity index (χ0) is 22.0. The van der Waals surface area contributed by atoms with Crippen LogP contribution in [-0.4, -0.2) is 42.3 Å². The third-order valence-corrected chi connectivity index (χ3v) is 4.86. The maximum absolute atomic E-state index is 12.7. The van der Waals surface area contributed by atoms with Crippen LogP contribution in [0.2, 0.25) is 5.02 Å². The molecule has 0 aliphatic carbocycles. The molecule has 158 valence electrons. The van der Waals surface area contributed by atoms with Gasteiger partial charge in [0.15, 0.2) is 23.9 Å². The minimum atomic E-state index is -0.702. The number of ketones is 1. The monoisotopic (exact) mass is 432 g/mol. The molecule has 0 saturated carbocycles. The first-order valence-corrected chi connectivity index (χ1v) is 9.39. The van der Waals surface area contributed by atoms with Crippen molar-refractivity contribution in [2.75, 3.05) is 20.8 Å². The first kappa shape index (κ1) is 21.4. The molecule has 0 aliphatic rings. The van der Waals surface area contributed by atoms with Crippen molar-refractivity contribution in [2.24, 2.45) is 0 Å². The molecule has 2 heterocycles. The summed E-state index contributed by atoms with van der Waals surface area (Å²) in [4.78, 5) is 25.1. The van der Waals surface area contributed by atoms with Gasteiger partial charge in [0.05, 0.1) is 24.8 Å². The molecule has 0 N–H and O–H groups in total. The van der Waals surface area contributed by atoms with Crippen LogP contribution >= 0.6 is 11.6 Å². The summed E-state index contributed by atoms with van der Waals surface area (Å²) in [6.45, 7) is 5.01. The van der Waals surface area contributed by atoms with Gasteiger partial charge in [-0.25, -0.2) is 4.79 Å². The number of benzene rings is 1. The van der Waals surface area contributed by atoms with E-state index in [1.165, 1.54) is 26.4 Å². The predicted molar refractivity (Wildman–Crippen MR) is 109 cm³/mol. The normalized spacial score (nSPS) is 10.7. The number of esters is 1. The van der Waals surface area contributed by atoms with Gasteiger partial charge in [-0.05, 0) is 39.0 Å². The van der Waals surface area contributed by atoms with Crippen LogP contribution < -0.4 is 9.47 Å². The Labute approximate surface area is 178 Å². The van der Waals surface area contributed by atoms with E-state index in [1.807, 2.05) is 6.92 Å². The molecule has 2 aromatic heterocycles. The highest BCUT2D eigenvalue weighted by Crippen LogP contribution is 2.36. The van der Waals surface area contributed by atoms with Crippen molar-refractivity contribution in [1.82, 2.24) is 9.72 Å². The van der Waals surface area contributed by atoms with Crippen LogP contribution in [0.4, 0.5) is 0 Å². The lowest BCUT2D eigenvalue weighted by atomic mass is 10.1. The number of hydrogen-bond acceptors (Lipinski definition) is 7. The summed E-state index contributed by atoms with van der Waals surface area (Å²) < 4.78 is 22.4. The molecule has 9 heteroatoms. The van der Waals surface area contributed by atoms with Crippen molar-refractivity contribution < 1.29 is 28.3 Å². The molecule has 3 rings (SSSR count). The molecular formula is C21H21ClN2O6. The molecule has 0 fully saturated rings. The fourth-order valence-corrected chi connectivity index (χ4v) is 3.47. The van der Waals surface area contributed by atoms with Gasteiger partial charge in [0.2, 0.25) is 5.78 Å². The standard InChI is InChI=1S/C21H21ClN2O6/c1-11-6-15(13(3)24(11)19-7-12(2)30-23-19)17(25)10-29-21(26)14-8-16(22)20(28-5)18(9-14)27-4/h6-9H,10H2,1-5H3. The van der Waals surface area contributed by atoms with E-state index in [0.717, 1.165) is 5.69 Å². The Hall–Kier alpha value is -3.26. The van der Waals surface area contributed by atoms with Crippen LogP contribution in [-0.2, 0) is 4.74 Å². The van der Waals surface area contributed by atoms with E-state index in [1.54, 1.807) is 30.5 Å². The number of ether oxygens (including phenoxy) is 3. The topological polar surface area (TPSA) is 92.8 Å². The third kappa shape index (κ3) is 4.04. The second kappa shape index (κ2) is 8.62. The SMILES string of the molecule is COc1cc(C(=O)OCC(=O)c2cc(C)n(-c3cc(C)on3)c2C)cc(Cl)c1OC. The van der Waals surface area contributed by atoms with Crippen LogP contribution in [0.15, 0.2) is 28.8 Å². The molecule has 0 unspecified atom stereocenters. The number of methoxy groups -OCH3 is 2. The number of carbonyl (C=O) groups excluding carboxylic acids is 2. The van der Waals surface area contributed by atoms with E-state index in [2.05, 4.69) is 5.16 Å². The van der Waals surface area contributed by atoms with Crippen LogP contribution in [0.3, 0.4) is 0 Å². The van der Waals surface area contributed by atoms with E-state index in [4.69, 9.17) is 30.3 Å². The molecule has 0 radical (unpaired) electrons. The number of hydrogen-bond donors (Lipinski definition) is 0. The molecule has 1 aromatic carbocycles. The number of Topliss-reactive ketones (excluding diaryl/α,β-unsaturated/α-hetero) is 1. The minimum absolute atomic E-state index is 0.147. The van der Waals surface area contributed by atoms with Crippen molar-refractivity contribution in [1.29, 1.82) is 0 Å². The summed E-state index contributed by atoms with van der Waals surface area (Å²) in [5.74, 6) is 0.796. The maximum atomic E-state index is 12.7. The summed E-state index contributed by atoms with van der Waals surface area (Å²) in [5.41, 5.74) is 2.07. The van der Waals surface area contributed by atoms with Crippen LogP contribution in [0.5, 0.6) is 11.5 Å². The van der Waals surface area contributed by atoms with Crippen molar-refractivity contribution in [2.45, 2.75) is 20.8 Å². The zero-order valence-corrected chi connectivity index (χ0v) is 18.0. The zero-order valence-electron chi connectivity index (χ0n) is 17.2. The fraction of sp³-hybridized carbons (Fsp3) is 0.286.